The summed E-state index contributed by atoms with van der Waals surface area (Å²) in [6.07, 6.45) is -0.671. The van der Waals surface area contributed by atoms with Crippen LogP contribution in [0.1, 0.15) is 28.1 Å². The molecule has 2 nitrogen and oxygen atoms in total. The van der Waals surface area contributed by atoms with Gasteiger partial charge in [-0.05, 0) is 43.0 Å². The van der Waals surface area contributed by atoms with Gasteiger partial charge in [0.1, 0.15) is 17.6 Å². The summed E-state index contributed by atoms with van der Waals surface area (Å²) < 4.78 is 6.77. The minimum atomic E-state index is -0.671. The van der Waals surface area contributed by atoms with Gasteiger partial charge in [0.05, 0.1) is 0 Å². The van der Waals surface area contributed by atoms with Crippen molar-refractivity contribution in [2.24, 2.45) is 0 Å². The van der Waals surface area contributed by atoms with Gasteiger partial charge in [-0.25, -0.2) is 0 Å². The average molecular weight is 258 g/mol. The molecule has 0 spiro atoms. The summed E-state index contributed by atoms with van der Waals surface area (Å²) in [7, 11) is 0. The third-order valence-corrected chi connectivity index (χ3v) is 4.34. The Hall–Kier alpha value is -1.58. The van der Waals surface area contributed by atoms with Crippen LogP contribution in [0.2, 0.25) is 0 Å². The van der Waals surface area contributed by atoms with E-state index in [1.165, 1.54) is 4.70 Å². The molecule has 0 radical (unpaired) electrons. The Kier molecular flexibility index (Phi) is 2.73. The lowest BCUT2D eigenvalue weighted by Gasteiger charge is -2.03. The second-order valence-electron chi connectivity index (χ2n) is 4.48. The Balaban J connectivity index is 2.03. The van der Waals surface area contributed by atoms with E-state index in [0.717, 1.165) is 21.6 Å². The molecule has 0 saturated carbocycles. The van der Waals surface area contributed by atoms with E-state index in [1.54, 1.807) is 11.3 Å². The zero-order valence-corrected chi connectivity index (χ0v) is 11.1. The molecular formula is C15H14O2S. The molecular weight excluding hydrogens is 244 g/mol. The highest BCUT2D eigenvalue weighted by molar-refractivity contribution is 7.19. The van der Waals surface area contributed by atoms with Crippen LogP contribution in [-0.4, -0.2) is 5.11 Å². The fourth-order valence-corrected chi connectivity index (χ4v) is 3.07. The topological polar surface area (TPSA) is 33.4 Å². The van der Waals surface area contributed by atoms with Gasteiger partial charge in [0, 0.05) is 9.58 Å². The molecule has 3 aromatic rings. The van der Waals surface area contributed by atoms with Crippen LogP contribution in [0.5, 0.6) is 0 Å². The fraction of sp³-hybridized carbons (Fsp3) is 0.200. The van der Waals surface area contributed by atoms with Crippen LogP contribution in [0.3, 0.4) is 0 Å². The second-order valence-corrected chi connectivity index (χ2v) is 5.59. The first-order chi connectivity index (χ1) is 8.65. The lowest BCUT2D eigenvalue weighted by molar-refractivity contribution is 0.191. The molecule has 2 aromatic heterocycles. The number of hydrogen-bond donors (Lipinski definition) is 1. The monoisotopic (exact) mass is 258 g/mol. The van der Waals surface area contributed by atoms with Crippen LogP contribution in [0.25, 0.3) is 10.1 Å². The maximum atomic E-state index is 10.3. The molecule has 1 atom stereocenters. The molecule has 2 heterocycles. The van der Waals surface area contributed by atoms with Crippen molar-refractivity contribution in [1.29, 1.82) is 0 Å². The summed E-state index contributed by atoms with van der Waals surface area (Å²) in [5.41, 5.74) is 1.07. The van der Waals surface area contributed by atoms with Gasteiger partial charge in [-0.15, -0.1) is 11.3 Å². The summed E-state index contributed by atoms with van der Waals surface area (Å²) in [5, 5.41) is 11.5. The van der Waals surface area contributed by atoms with E-state index in [1.807, 2.05) is 38.1 Å². The van der Waals surface area contributed by atoms with Crippen LogP contribution < -0.4 is 0 Å². The SMILES string of the molecule is Cc1cc(C(O)c2cc3ccccc3s2)oc1C. The normalized spacial score (nSPS) is 13.1. The lowest BCUT2D eigenvalue weighted by atomic mass is 10.2. The Morgan fingerprint density at radius 2 is 1.94 bits per heavy atom. The molecule has 0 aliphatic carbocycles. The number of aliphatic hydroxyl groups excluding tert-OH is 1. The summed E-state index contributed by atoms with van der Waals surface area (Å²) in [6, 6.07) is 12.1. The predicted octanol–water partition coefficient (Wildman–Crippen LogP) is 4.19. The highest BCUT2D eigenvalue weighted by Gasteiger charge is 2.18. The van der Waals surface area contributed by atoms with Crippen molar-refractivity contribution in [3.8, 4) is 0 Å². The van der Waals surface area contributed by atoms with Gasteiger partial charge in [-0.2, -0.15) is 0 Å². The van der Waals surface area contributed by atoms with Crippen molar-refractivity contribution in [3.05, 3.63) is 58.4 Å². The third kappa shape index (κ3) is 1.85. The molecule has 1 aromatic carbocycles. The van der Waals surface area contributed by atoms with Gasteiger partial charge in [-0.1, -0.05) is 18.2 Å². The van der Waals surface area contributed by atoms with E-state index in [-0.39, 0.29) is 0 Å². The predicted molar refractivity (Wildman–Crippen MR) is 74.1 cm³/mol. The van der Waals surface area contributed by atoms with Gasteiger partial charge in [0.25, 0.3) is 0 Å². The summed E-state index contributed by atoms with van der Waals surface area (Å²) in [6.45, 7) is 3.90. The van der Waals surface area contributed by atoms with Crippen molar-refractivity contribution in [3.63, 3.8) is 0 Å². The van der Waals surface area contributed by atoms with Crippen molar-refractivity contribution in [1.82, 2.24) is 0 Å². The van der Waals surface area contributed by atoms with Crippen LogP contribution in [-0.2, 0) is 0 Å². The molecule has 0 aliphatic rings. The smallest absolute Gasteiger partial charge is 0.146 e. The quantitative estimate of drug-likeness (QED) is 0.747. The Bertz CT molecular complexity index is 641. The number of rotatable bonds is 2. The van der Waals surface area contributed by atoms with Gasteiger partial charge >= 0.3 is 0 Å². The minimum Gasteiger partial charge on any atom is -0.463 e. The highest BCUT2D eigenvalue weighted by Crippen LogP contribution is 2.34. The molecule has 0 bridgehead atoms. The zero-order chi connectivity index (χ0) is 12.7. The van der Waals surface area contributed by atoms with Crippen molar-refractivity contribution < 1.29 is 9.52 Å². The average Bonchev–Trinajstić information content (AvgIpc) is 2.93. The van der Waals surface area contributed by atoms with Crippen LogP contribution in [0.15, 0.2) is 40.8 Å². The van der Waals surface area contributed by atoms with E-state index in [2.05, 4.69) is 12.1 Å². The van der Waals surface area contributed by atoms with E-state index in [0.29, 0.717) is 5.76 Å². The lowest BCUT2D eigenvalue weighted by Crippen LogP contribution is -1.94. The van der Waals surface area contributed by atoms with Gasteiger partial charge in [0.2, 0.25) is 0 Å². The third-order valence-electron chi connectivity index (χ3n) is 3.17. The van der Waals surface area contributed by atoms with Gasteiger partial charge in [-0.3, -0.25) is 0 Å². The number of benzene rings is 1. The number of furan rings is 1. The van der Waals surface area contributed by atoms with E-state index in [9.17, 15) is 5.11 Å². The molecule has 0 aliphatic heterocycles. The largest absolute Gasteiger partial charge is 0.463 e. The molecule has 1 N–H and O–H groups in total. The van der Waals surface area contributed by atoms with Gasteiger partial charge < -0.3 is 9.52 Å². The standard InChI is InChI=1S/C15H14O2S/c1-9-7-12(17-10(9)2)15(16)14-8-11-5-3-4-6-13(11)18-14/h3-8,15-16H,1-2H3. The van der Waals surface area contributed by atoms with Gasteiger partial charge in [0.15, 0.2) is 0 Å². The fourth-order valence-electron chi connectivity index (χ4n) is 2.01. The van der Waals surface area contributed by atoms with Crippen molar-refractivity contribution >= 4 is 21.4 Å². The van der Waals surface area contributed by atoms with Crippen LogP contribution in [0.4, 0.5) is 0 Å². The number of fused-ring (bicyclic) bond motifs is 1. The van der Waals surface area contributed by atoms with E-state index in [4.69, 9.17) is 4.42 Å². The first-order valence-electron chi connectivity index (χ1n) is 5.88. The molecule has 18 heavy (non-hydrogen) atoms. The number of hydrogen-bond acceptors (Lipinski definition) is 3. The summed E-state index contributed by atoms with van der Waals surface area (Å²) in [4.78, 5) is 0.921. The molecule has 0 fully saturated rings. The Morgan fingerprint density at radius 1 is 1.17 bits per heavy atom. The summed E-state index contributed by atoms with van der Waals surface area (Å²) >= 11 is 1.61. The van der Waals surface area contributed by atoms with Crippen molar-refractivity contribution in [2.45, 2.75) is 20.0 Å². The Morgan fingerprint density at radius 3 is 2.61 bits per heavy atom. The number of aryl methyl sites for hydroxylation is 2. The molecule has 3 rings (SSSR count). The molecule has 1 unspecified atom stereocenters. The highest BCUT2D eigenvalue weighted by atomic mass is 32.1. The zero-order valence-electron chi connectivity index (χ0n) is 10.3. The van der Waals surface area contributed by atoms with E-state index >= 15 is 0 Å². The Labute approximate surface area is 109 Å². The van der Waals surface area contributed by atoms with E-state index < -0.39 is 6.10 Å². The summed E-state index contributed by atoms with van der Waals surface area (Å²) in [5.74, 6) is 1.49. The first kappa shape index (κ1) is 11.5. The number of aliphatic hydroxyl groups is 1. The first-order valence-corrected chi connectivity index (χ1v) is 6.70. The number of thiophene rings is 1. The second kappa shape index (κ2) is 4.26. The minimum absolute atomic E-state index is 0.622. The maximum absolute atomic E-state index is 10.3. The maximum Gasteiger partial charge on any atom is 0.146 e. The van der Waals surface area contributed by atoms with Crippen LogP contribution >= 0.6 is 11.3 Å². The molecule has 0 saturated heterocycles. The van der Waals surface area contributed by atoms with Crippen LogP contribution in [0, 0.1) is 13.8 Å². The molecule has 0 amide bonds. The van der Waals surface area contributed by atoms with Crippen molar-refractivity contribution in [2.75, 3.05) is 0 Å². The molecule has 92 valence electrons. The molecule has 3 heteroatoms.